The maximum Gasteiger partial charge on any atom is 0.251 e. The summed E-state index contributed by atoms with van der Waals surface area (Å²) in [6.07, 6.45) is 0. The van der Waals surface area contributed by atoms with Crippen LogP contribution in [0.3, 0.4) is 0 Å². The monoisotopic (exact) mass is 208 g/mol. The van der Waals surface area contributed by atoms with Gasteiger partial charge in [-0.1, -0.05) is 6.07 Å². The number of aryl methyl sites for hydroxylation is 1. The second-order valence-electron chi connectivity index (χ2n) is 3.63. The predicted octanol–water partition coefficient (Wildman–Crippen LogP) is 0.688. The van der Waals surface area contributed by atoms with Crippen LogP contribution in [0.25, 0.3) is 0 Å². The van der Waals surface area contributed by atoms with Crippen LogP contribution in [-0.4, -0.2) is 23.7 Å². The topological polar surface area (TPSA) is 75.3 Å². The number of carbonyl (C=O) groups is 1. The van der Waals surface area contributed by atoms with E-state index in [2.05, 4.69) is 5.32 Å². The van der Waals surface area contributed by atoms with Gasteiger partial charge in [-0.25, -0.2) is 0 Å². The highest BCUT2D eigenvalue weighted by atomic mass is 16.3. The second kappa shape index (κ2) is 4.79. The van der Waals surface area contributed by atoms with Crippen molar-refractivity contribution in [2.45, 2.75) is 19.9 Å². The summed E-state index contributed by atoms with van der Waals surface area (Å²) in [5, 5.41) is 11.4. The van der Waals surface area contributed by atoms with Gasteiger partial charge >= 0.3 is 0 Å². The predicted molar refractivity (Wildman–Crippen MR) is 59.6 cm³/mol. The molecule has 0 saturated heterocycles. The molecule has 82 valence electrons. The fourth-order valence-electron chi connectivity index (χ4n) is 1.13. The van der Waals surface area contributed by atoms with Crippen LogP contribution in [0.1, 0.15) is 22.8 Å². The van der Waals surface area contributed by atoms with Gasteiger partial charge in [0, 0.05) is 17.3 Å². The molecule has 0 heterocycles. The van der Waals surface area contributed by atoms with Gasteiger partial charge in [0.2, 0.25) is 0 Å². The molecule has 1 aromatic rings. The molecule has 0 fully saturated rings. The first-order chi connectivity index (χ1) is 7.04. The van der Waals surface area contributed by atoms with Gasteiger partial charge in [0.1, 0.15) is 0 Å². The van der Waals surface area contributed by atoms with Crippen molar-refractivity contribution in [2.24, 2.45) is 0 Å². The van der Waals surface area contributed by atoms with Crippen molar-refractivity contribution < 1.29 is 9.90 Å². The van der Waals surface area contributed by atoms with E-state index in [1.807, 2.05) is 6.92 Å². The average molecular weight is 208 g/mol. The van der Waals surface area contributed by atoms with E-state index in [0.29, 0.717) is 11.3 Å². The molecule has 0 radical (unpaired) electrons. The molecule has 0 aliphatic rings. The number of benzene rings is 1. The van der Waals surface area contributed by atoms with Crippen molar-refractivity contribution in [1.29, 1.82) is 0 Å². The molecule has 1 atom stereocenters. The van der Waals surface area contributed by atoms with Crippen molar-refractivity contribution in [2.75, 3.05) is 12.3 Å². The number of hydrogen-bond acceptors (Lipinski definition) is 3. The second-order valence-corrected chi connectivity index (χ2v) is 3.63. The minimum absolute atomic E-state index is 0.0763. The first-order valence-electron chi connectivity index (χ1n) is 4.82. The molecular weight excluding hydrogens is 192 g/mol. The van der Waals surface area contributed by atoms with Crippen LogP contribution in [0.4, 0.5) is 5.69 Å². The number of anilines is 1. The first kappa shape index (κ1) is 11.5. The number of aliphatic hydroxyl groups excluding tert-OH is 1. The highest BCUT2D eigenvalue weighted by Gasteiger charge is 2.09. The van der Waals surface area contributed by atoms with Gasteiger partial charge in [0.25, 0.3) is 5.91 Å². The minimum Gasteiger partial charge on any atom is -0.398 e. The number of aliphatic hydroxyl groups is 1. The van der Waals surface area contributed by atoms with Crippen LogP contribution in [0, 0.1) is 6.92 Å². The molecule has 0 saturated carbocycles. The zero-order valence-electron chi connectivity index (χ0n) is 8.95. The van der Waals surface area contributed by atoms with E-state index < -0.39 is 0 Å². The molecule has 0 spiro atoms. The molecule has 1 rings (SSSR count). The summed E-state index contributed by atoms with van der Waals surface area (Å²) in [6, 6.07) is 4.90. The summed E-state index contributed by atoms with van der Waals surface area (Å²) < 4.78 is 0. The molecule has 1 unspecified atom stereocenters. The van der Waals surface area contributed by atoms with Gasteiger partial charge in [0.05, 0.1) is 6.61 Å². The number of amides is 1. The van der Waals surface area contributed by atoms with E-state index >= 15 is 0 Å². The maximum atomic E-state index is 11.6. The lowest BCUT2D eigenvalue weighted by Crippen LogP contribution is -2.35. The molecule has 0 aliphatic heterocycles. The Morgan fingerprint density at radius 3 is 2.80 bits per heavy atom. The third-order valence-corrected chi connectivity index (χ3v) is 2.19. The number of nitrogens with one attached hydrogen (secondary N) is 1. The van der Waals surface area contributed by atoms with Crippen molar-refractivity contribution in [3.8, 4) is 0 Å². The van der Waals surface area contributed by atoms with Crippen molar-refractivity contribution in [3.63, 3.8) is 0 Å². The summed E-state index contributed by atoms with van der Waals surface area (Å²) in [5.74, 6) is -0.219. The Bertz CT molecular complexity index is 364. The Hall–Kier alpha value is -1.55. The first-order valence-corrected chi connectivity index (χ1v) is 4.82. The molecule has 1 amide bonds. The van der Waals surface area contributed by atoms with Crippen LogP contribution in [0.5, 0.6) is 0 Å². The fraction of sp³-hybridized carbons (Fsp3) is 0.364. The zero-order chi connectivity index (χ0) is 11.4. The molecule has 0 aliphatic carbocycles. The van der Waals surface area contributed by atoms with E-state index in [9.17, 15) is 4.79 Å². The largest absolute Gasteiger partial charge is 0.398 e. The SMILES string of the molecule is Cc1ccc(C(=O)NC(C)CO)cc1N. The van der Waals surface area contributed by atoms with Gasteiger partial charge < -0.3 is 16.2 Å². The average Bonchev–Trinajstić information content (AvgIpc) is 2.21. The Balaban J connectivity index is 2.78. The van der Waals surface area contributed by atoms with E-state index in [1.165, 1.54) is 0 Å². The van der Waals surface area contributed by atoms with Crippen LogP contribution in [0.15, 0.2) is 18.2 Å². The van der Waals surface area contributed by atoms with Crippen LogP contribution in [-0.2, 0) is 0 Å². The fourth-order valence-corrected chi connectivity index (χ4v) is 1.13. The third-order valence-electron chi connectivity index (χ3n) is 2.19. The highest BCUT2D eigenvalue weighted by molar-refractivity contribution is 5.95. The lowest BCUT2D eigenvalue weighted by Gasteiger charge is -2.11. The molecule has 4 nitrogen and oxygen atoms in total. The number of carbonyl (C=O) groups excluding carboxylic acids is 1. The standard InChI is InChI=1S/C11H16N2O2/c1-7-3-4-9(5-10(7)12)11(15)13-8(2)6-14/h3-5,8,14H,6,12H2,1-2H3,(H,13,15). The molecule has 4 heteroatoms. The lowest BCUT2D eigenvalue weighted by molar-refractivity contribution is 0.0922. The molecule has 4 N–H and O–H groups in total. The number of nitrogen functional groups attached to an aromatic ring is 1. The Morgan fingerprint density at radius 2 is 2.27 bits per heavy atom. The lowest BCUT2D eigenvalue weighted by atomic mass is 10.1. The van der Waals surface area contributed by atoms with E-state index in [4.69, 9.17) is 10.8 Å². The Morgan fingerprint density at radius 1 is 1.60 bits per heavy atom. The number of nitrogens with two attached hydrogens (primary N) is 1. The van der Waals surface area contributed by atoms with Crippen molar-refractivity contribution in [1.82, 2.24) is 5.32 Å². The Labute approximate surface area is 89.1 Å². The summed E-state index contributed by atoms with van der Waals surface area (Å²) in [7, 11) is 0. The minimum atomic E-state index is -0.250. The van der Waals surface area contributed by atoms with E-state index in [0.717, 1.165) is 5.56 Å². The molecule has 1 aromatic carbocycles. The van der Waals surface area contributed by atoms with Crippen LogP contribution < -0.4 is 11.1 Å². The quantitative estimate of drug-likeness (QED) is 0.640. The van der Waals surface area contributed by atoms with Gasteiger partial charge in [0.15, 0.2) is 0 Å². The van der Waals surface area contributed by atoms with Crippen LogP contribution >= 0.6 is 0 Å². The van der Waals surface area contributed by atoms with Gasteiger partial charge in [-0.05, 0) is 31.5 Å². The molecule has 0 aromatic heterocycles. The van der Waals surface area contributed by atoms with Gasteiger partial charge in [-0.3, -0.25) is 4.79 Å². The molecular formula is C11H16N2O2. The van der Waals surface area contributed by atoms with Gasteiger partial charge in [-0.15, -0.1) is 0 Å². The highest BCUT2D eigenvalue weighted by Crippen LogP contribution is 2.12. The number of rotatable bonds is 3. The molecule has 0 bridgehead atoms. The van der Waals surface area contributed by atoms with E-state index in [1.54, 1.807) is 25.1 Å². The van der Waals surface area contributed by atoms with Crippen molar-refractivity contribution in [3.05, 3.63) is 29.3 Å². The Kier molecular flexibility index (Phi) is 3.68. The summed E-state index contributed by atoms with van der Waals surface area (Å²) >= 11 is 0. The normalized spacial score (nSPS) is 12.2. The molecule has 15 heavy (non-hydrogen) atoms. The smallest absolute Gasteiger partial charge is 0.251 e. The summed E-state index contributed by atoms with van der Waals surface area (Å²) in [4.78, 5) is 11.6. The van der Waals surface area contributed by atoms with E-state index in [-0.39, 0.29) is 18.6 Å². The third kappa shape index (κ3) is 2.95. The number of hydrogen-bond donors (Lipinski definition) is 3. The summed E-state index contributed by atoms with van der Waals surface area (Å²) in [5.41, 5.74) is 7.75. The van der Waals surface area contributed by atoms with Gasteiger partial charge in [-0.2, -0.15) is 0 Å². The zero-order valence-corrected chi connectivity index (χ0v) is 8.95. The van der Waals surface area contributed by atoms with Crippen molar-refractivity contribution >= 4 is 11.6 Å². The van der Waals surface area contributed by atoms with Crippen LogP contribution in [0.2, 0.25) is 0 Å². The summed E-state index contributed by atoms with van der Waals surface area (Å²) in [6.45, 7) is 3.54. The maximum absolute atomic E-state index is 11.6.